The van der Waals surface area contributed by atoms with Crippen molar-refractivity contribution in [3.8, 4) is 0 Å². The van der Waals surface area contributed by atoms with Crippen LogP contribution in [0.2, 0.25) is 5.02 Å². The summed E-state index contributed by atoms with van der Waals surface area (Å²) in [5, 5.41) is 6.07. The van der Waals surface area contributed by atoms with Crippen molar-refractivity contribution < 1.29 is 18.8 Å². The van der Waals surface area contributed by atoms with Gasteiger partial charge in [-0.15, -0.1) is 0 Å². The number of rotatable bonds is 7. The maximum absolute atomic E-state index is 13.6. The second-order valence-corrected chi connectivity index (χ2v) is 9.97. The van der Waals surface area contributed by atoms with Crippen LogP contribution in [-0.2, 0) is 20.8 Å². The average Bonchev–Trinajstić information content (AvgIpc) is 3.07. The van der Waals surface area contributed by atoms with Crippen molar-refractivity contribution in [3.63, 3.8) is 0 Å². The third-order valence-corrected chi connectivity index (χ3v) is 6.71. The number of amides is 2. The first-order chi connectivity index (χ1) is 15.3. The number of allylic oxidation sites excluding steroid dienone is 2. The van der Waals surface area contributed by atoms with Crippen molar-refractivity contribution in [1.82, 2.24) is 5.32 Å². The fourth-order valence-corrected chi connectivity index (χ4v) is 4.51. The van der Waals surface area contributed by atoms with Gasteiger partial charge >= 0.3 is 11.8 Å². The minimum Gasteiger partial charge on any atom is -0.340 e. The lowest BCUT2D eigenvalue weighted by Gasteiger charge is -2.30. The summed E-state index contributed by atoms with van der Waals surface area (Å²) in [6.45, 7) is 5.85. The zero-order chi connectivity index (χ0) is 23.3. The summed E-state index contributed by atoms with van der Waals surface area (Å²) in [5.74, 6) is -0.557. The maximum atomic E-state index is 13.6. The van der Waals surface area contributed by atoms with Crippen molar-refractivity contribution in [2.24, 2.45) is 5.41 Å². The first-order valence-electron chi connectivity index (χ1n) is 10.0. The van der Waals surface area contributed by atoms with Gasteiger partial charge in [0.2, 0.25) is 0 Å². The second-order valence-electron chi connectivity index (χ2n) is 7.86. The van der Waals surface area contributed by atoms with Gasteiger partial charge in [0.15, 0.2) is 0 Å². The molecular weight excluding hydrogens is 450 g/mol. The lowest BCUT2D eigenvalue weighted by atomic mass is 9.79. The fourth-order valence-electron chi connectivity index (χ4n) is 3.79. The summed E-state index contributed by atoms with van der Waals surface area (Å²) in [6, 6.07) is 10.5. The van der Waals surface area contributed by atoms with E-state index in [9.17, 15) is 18.8 Å². The van der Waals surface area contributed by atoms with E-state index < -0.39 is 29.1 Å². The maximum Gasteiger partial charge on any atom is 0.313 e. The van der Waals surface area contributed by atoms with Crippen LogP contribution in [-0.4, -0.2) is 18.1 Å². The second kappa shape index (κ2) is 10.2. The number of anilines is 1. The highest BCUT2D eigenvalue weighted by Gasteiger charge is 2.46. The van der Waals surface area contributed by atoms with Crippen LogP contribution in [0.1, 0.15) is 30.5 Å². The van der Waals surface area contributed by atoms with E-state index in [-0.39, 0.29) is 19.3 Å². The molecule has 1 aliphatic rings. The molecule has 0 saturated heterocycles. The fraction of sp³-hybridized carbons (Fsp3) is 0.208. The van der Waals surface area contributed by atoms with Crippen LogP contribution in [0, 0.1) is 11.2 Å². The molecule has 0 heterocycles. The van der Waals surface area contributed by atoms with Gasteiger partial charge in [0.25, 0.3) is 0 Å². The molecule has 2 aromatic carbocycles. The van der Waals surface area contributed by atoms with Gasteiger partial charge in [-0.3, -0.25) is 9.59 Å². The molecule has 0 bridgehead atoms. The van der Waals surface area contributed by atoms with Gasteiger partial charge in [-0.2, -0.15) is 0 Å². The number of fused-ring (bicyclic) bond motifs is 1. The van der Waals surface area contributed by atoms with Crippen molar-refractivity contribution in [2.75, 3.05) is 5.32 Å². The van der Waals surface area contributed by atoms with E-state index in [0.29, 0.717) is 12.8 Å². The van der Waals surface area contributed by atoms with E-state index in [1.165, 1.54) is 12.1 Å². The number of carbonyl (C=O) groups is 3. The van der Waals surface area contributed by atoms with Crippen molar-refractivity contribution in [3.05, 3.63) is 88.2 Å². The van der Waals surface area contributed by atoms with Crippen LogP contribution in [0.25, 0.3) is 0 Å². The molecule has 2 amide bonds. The summed E-state index contributed by atoms with van der Waals surface area (Å²) in [5.41, 5.74) is 0.952. The Hall–Kier alpha value is -2.82. The molecule has 2 aromatic rings. The van der Waals surface area contributed by atoms with Gasteiger partial charge in [-0.05, 0) is 55.2 Å². The van der Waals surface area contributed by atoms with Gasteiger partial charge in [0, 0.05) is 14.3 Å². The first kappa shape index (κ1) is 23.8. The summed E-state index contributed by atoms with van der Waals surface area (Å²) in [7, 11) is -0.0618. The van der Waals surface area contributed by atoms with E-state index in [2.05, 4.69) is 17.2 Å². The summed E-state index contributed by atoms with van der Waals surface area (Å²) in [4.78, 5) is 37.5. The summed E-state index contributed by atoms with van der Waals surface area (Å²) >= 11 is 5.65. The highest BCUT2D eigenvalue weighted by molar-refractivity contribution is 7.46. The number of hydrogen-bond acceptors (Lipinski definition) is 3. The number of nitrogens with one attached hydrogen (secondary N) is 2. The average molecular weight is 474 g/mol. The Bertz CT molecular complexity index is 1100. The number of benzene rings is 2. The van der Waals surface area contributed by atoms with E-state index in [4.69, 9.17) is 11.6 Å². The van der Waals surface area contributed by atoms with Crippen LogP contribution in [0.15, 0.2) is 66.3 Å². The molecule has 3 atom stereocenters. The number of aldehydes is 1. The van der Waals surface area contributed by atoms with E-state index in [1.54, 1.807) is 0 Å². The zero-order valence-corrected chi connectivity index (χ0v) is 19.4. The molecule has 0 fully saturated rings. The standard InChI is InChI=1S/C24H23ClFN2O3P/c1-15(2)32-11-5-10-24(14-29)13-16-6-3-4-7-18(16)21(24)28-23(31)22(30)27-17-8-9-19(25)20(26)12-17/h3-9,11-12,14,21,32H,1,10,13H2,2H3,(H,27,30)(H,28,31)/p+1/b11-5+/t21-,24-/m0/s1. The molecular formula is C24H24ClFN2O3P+. The molecule has 2 N–H and O–H groups in total. The monoisotopic (exact) mass is 473 g/mol. The lowest BCUT2D eigenvalue weighted by molar-refractivity contribution is -0.137. The Morgan fingerprint density at radius 3 is 2.72 bits per heavy atom. The zero-order valence-electron chi connectivity index (χ0n) is 17.5. The van der Waals surface area contributed by atoms with Crippen LogP contribution >= 0.6 is 20.2 Å². The smallest absolute Gasteiger partial charge is 0.313 e. The molecule has 3 rings (SSSR count). The SMILES string of the molecule is C=C(C)[PH2+]/C=C/C[C@@]1(C=O)Cc2ccccc2[C@@H]1NC(=O)C(=O)Nc1ccc(Cl)c(F)c1. The lowest BCUT2D eigenvalue weighted by Crippen LogP contribution is -2.44. The van der Waals surface area contributed by atoms with E-state index >= 15 is 0 Å². The summed E-state index contributed by atoms with van der Waals surface area (Å²) < 4.78 is 13.6. The Kier molecular flexibility index (Phi) is 7.60. The van der Waals surface area contributed by atoms with Crippen LogP contribution in [0.4, 0.5) is 10.1 Å². The third kappa shape index (κ3) is 5.32. The van der Waals surface area contributed by atoms with Crippen molar-refractivity contribution in [1.29, 1.82) is 0 Å². The number of hydrogen-bond donors (Lipinski definition) is 2. The van der Waals surface area contributed by atoms with E-state index in [1.807, 2.05) is 43.1 Å². The summed E-state index contributed by atoms with van der Waals surface area (Å²) in [6.07, 6.45) is 3.68. The third-order valence-electron chi connectivity index (χ3n) is 5.37. The molecule has 0 aliphatic heterocycles. The highest BCUT2D eigenvalue weighted by atomic mass is 35.5. The Morgan fingerprint density at radius 1 is 1.28 bits per heavy atom. The van der Waals surface area contributed by atoms with Crippen LogP contribution < -0.4 is 10.6 Å². The molecule has 8 heteroatoms. The molecule has 5 nitrogen and oxygen atoms in total. The Balaban J connectivity index is 1.81. The van der Waals surface area contributed by atoms with Gasteiger partial charge in [0.1, 0.15) is 12.1 Å². The Labute approximate surface area is 192 Å². The molecule has 0 spiro atoms. The molecule has 166 valence electrons. The predicted molar refractivity (Wildman–Crippen MR) is 128 cm³/mol. The van der Waals surface area contributed by atoms with Crippen LogP contribution in [0.5, 0.6) is 0 Å². The van der Waals surface area contributed by atoms with Crippen molar-refractivity contribution in [2.45, 2.75) is 25.8 Å². The van der Waals surface area contributed by atoms with Crippen molar-refractivity contribution >= 4 is 44.0 Å². The number of carbonyl (C=O) groups excluding carboxylic acids is 3. The van der Waals surface area contributed by atoms with Gasteiger partial charge < -0.3 is 15.4 Å². The van der Waals surface area contributed by atoms with Crippen LogP contribution in [0.3, 0.4) is 0 Å². The molecule has 1 unspecified atom stereocenters. The number of halogens is 2. The van der Waals surface area contributed by atoms with Gasteiger partial charge in [-0.25, -0.2) is 4.39 Å². The normalized spacial score (nSPS) is 19.8. The minimum absolute atomic E-state index is 0.0618. The molecule has 1 aliphatic carbocycles. The molecule has 0 aromatic heterocycles. The molecule has 0 saturated carbocycles. The minimum atomic E-state index is -0.960. The van der Waals surface area contributed by atoms with Gasteiger partial charge in [-0.1, -0.05) is 42.4 Å². The Morgan fingerprint density at radius 2 is 2.03 bits per heavy atom. The largest absolute Gasteiger partial charge is 0.340 e. The molecule has 0 radical (unpaired) electrons. The molecule has 32 heavy (non-hydrogen) atoms. The quantitative estimate of drug-likeness (QED) is 0.342. The predicted octanol–water partition coefficient (Wildman–Crippen LogP) is 4.86. The first-order valence-corrected chi connectivity index (χ1v) is 11.6. The highest BCUT2D eigenvalue weighted by Crippen LogP contribution is 2.47. The van der Waals surface area contributed by atoms with E-state index in [0.717, 1.165) is 28.8 Å². The topological polar surface area (TPSA) is 75.3 Å². The van der Waals surface area contributed by atoms with Gasteiger partial charge in [0.05, 0.1) is 27.6 Å².